The summed E-state index contributed by atoms with van der Waals surface area (Å²) in [5.74, 6) is 8.17. The number of methoxy groups -OCH3 is 1. The molecule has 0 saturated heterocycles. The monoisotopic (exact) mass is 270 g/mol. The molecule has 0 fully saturated rings. The van der Waals surface area contributed by atoms with E-state index in [1.165, 1.54) is 4.88 Å². The summed E-state index contributed by atoms with van der Waals surface area (Å²) in [6.07, 6.45) is 1.66. The van der Waals surface area contributed by atoms with Crippen LogP contribution in [0.3, 0.4) is 0 Å². The van der Waals surface area contributed by atoms with Crippen molar-refractivity contribution in [1.82, 2.24) is 0 Å². The topological polar surface area (TPSA) is 29.5 Å². The maximum absolute atomic E-state index is 8.62. The van der Waals surface area contributed by atoms with E-state index in [1.54, 1.807) is 18.4 Å². The zero-order chi connectivity index (χ0) is 12.3. The van der Waals surface area contributed by atoms with Gasteiger partial charge < -0.3 is 9.84 Å². The predicted octanol–water partition coefficient (Wildman–Crippen LogP) is 2.75. The van der Waals surface area contributed by atoms with Crippen LogP contribution in [0.5, 0.6) is 0 Å². The molecule has 0 aliphatic rings. The molecule has 1 heterocycles. The Balaban J connectivity index is 2.24. The first-order valence-corrected chi connectivity index (χ1v) is 7.64. The number of thioether (sulfide) groups is 1. The minimum Gasteiger partial charge on any atom is -0.395 e. The van der Waals surface area contributed by atoms with E-state index in [4.69, 9.17) is 9.84 Å². The molecule has 0 aromatic carbocycles. The maximum Gasteiger partial charge on any atom is 0.0540 e. The first-order valence-electron chi connectivity index (χ1n) is 5.60. The zero-order valence-electron chi connectivity index (χ0n) is 10.1. The quantitative estimate of drug-likeness (QED) is 0.610. The molecule has 0 bridgehead atoms. The molecular weight excluding hydrogens is 252 g/mol. The highest BCUT2D eigenvalue weighted by molar-refractivity contribution is 7.98. The Morgan fingerprint density at radius 1 is 1.53 bits per heavy atom. The van der Waals surface area contributed by atoms with Crippen molar-refractivity contribution in [3.63, 3.8) is 0 Å². The molecular formula is C13H18O2S2. The van der Waals surface area contributed by atoms with Crippen molar-refractivity contribution in [2.24, 2.45) is 0 Å². The number of hydrogen-bond acceptors (Lipinski definition) is 4. The summed E-state index contributed by atoms with van der Waals surface area (Å²) in [7, 11) is 1.74. The number of ether oxygens (including phenoxy) is 1. The lowest BCUT2D eigenvalue weighted by Gasteiger charge is -1.98. The SMILES string of the molecule is COCCCSCc1cc(C#CCCO)cs1. The van der Waals surface area contributed by atoms with Gasteiger partial charge in [0.2, 0.25) is 0 Å². The highest BCUT2D eigenvalue weighted by atomic mass is 32.2. The van der Waals surface area contributed by atoms with E-state index in [-0.39, 0.29) is 6.61 Å². The van der Waals surface area contributed by atoms with Crippen molar-refractivity contribution >= 4 is 23.1 Å². The Morgan fingerprint density at radius 2 is 2.41 bits per heavy atom. The van der Waals surface area contributed by atoms with Crippen LogP contribution in [0.4, 0.5) is 0 Å². The molecule has 1 N–H and O–H groups in total. The van der Waals surface area contributed by atoms with E-state index in [2.05, 4.69) is 23.3 Å². The highest BCUT2D eigenvalue weighted by Crippen LogP contribution is 2.20. The Hall–Kier alpha value is -0.470. The van der Waals surface area contributed by atoms with Crippen molar-refractivity contribution in [2.75, 3.05) is 26.1 Å². The summed E-state index contributed by atoms with van der Waals surface area (Å²) >= 11 is 3.68. The van der Waals surface area contributed by atoms with Crippen LogP contribution < -0.4 is 0 Å². The lowest BCUT2D eigenvalue weighted by molar-refractivity contribution is 0.200. The molecule has 0 saturated carbocycles. The number of rotatable bonds is 7. The maximum atomic E-state index is 8.62. The molecule has 0 amide bonds. The van der Waals surface area contributed by atoms with E-state index in [0.29, 0.717) is 6.42 Å². The van der Waals surface area contributed by atoms with Gasteiger partial charge in [0.1, 0.15) is 0 Å². The summed E-state index contributed by atoms with van der Waals surface area (Å²) in [4.78, 5) is 1.36. The van der Waals surface area contributed by atoms with Gasteiger partial charge in [0.05, 0.1) is 6.61 Å². The molecule has 1 rings (SSSR count). The standard InChI is InChI=1S/C13H18O2S2/c1-15-7-4-8-16-11-13-9-12(10-17-13)5-2-3-6-14/h9-10,14H,3-4,6-8,11H2,1H3. The largest absolute Gasteiger partial charge is 0.395 e. The average molecular weight is 270 g/mol. The summed E-state index contributed by atoms with van der Waals surface area (Å²) in [6, 6.07) is 2.14. The molecule has 0 unspecified atom stereocenters. The Morgan fingerprint density at radius 3 is 3.18 bits per heavy atom. The zero-order valence-corrected chi connectivity index (χ0v) is 11.7. The van der Waals surface area contributed by atoms with Crippen molar-refractivity contribution < 1.29 is 9.84 Å². The normalized spacial score (nSPS) is 10.0. The van der Waals surface area contributed by atoms with E-state index in [9.17, 15) is 0 Å². The third kappa shape index (κ3) is 6.75. The number of aliphatic hydroxyl groups excluding tert-OH is 1. The third-order valence-corrected chi connectivity index (χ3v) is 4.22. The van der Waals surface area contributed by atoms with Crippen LogP contribution in [-0.4, -0.2) is 31.2 Å². The van der Waals surface area contributed by atoms with Crippen LogP contribution >= 0.6 is 23.1 Å². The van der Waals surface area contributed by atoms with Crippen LogP contribution in [0.2, 0.25) is 0 Å². The number of thiophene rings is 1. The molecule has 4 heteroatoms. The van der Waals surface area contributed by atoms with Crippen molar-refractivity contribution in [2.45, 2.75) is 18.6 Å². The minimum absolute atomic E-state index is 0.138. The fraction of sp³-hybridized carbons (Fsp3) is 0.538. The van der Waals surface area contributed by atoms with Gasteiger partial charge in [-0.15, -0.1) is 11.3 Å². The molecule has 17 heavy (non-hydrogen) atoms. The average Bonchev–Trinajstić information content (AvgIpc) is 2.77. The smallest absolute Gasteiger partial charge is 0.0540 e. The molecule has 1 aromatic rings. The van der Waals surface area contributed by atoms with Crippen LogP contribution in [0.25, 0.3) is 0 Å². The highest BCUT2D eigenvalue weighted by Gasteiger charge is 1.98. The second-order valence-corrected chi connectivity index (χ2v) is 5.58. The lowest BCUT2D eigenvalue weighted by atomic mass is 10.3. The van der Waals surface area contributed by atoms with Crippen LogP contribution in [0.15, 0.2) is 11.4 Å². The first kappa shape index (κ1) is 14.6. The van der Waals surface area contributed by atoms with Gasteiger partial charge >= 0.3 is 0 Å². The minimum atomic E-state index is 0.138. The van der Waals surface area contributed by atoms with Crippen molar-refractivity contribution in [3.8, 4) is 11.8 Å². The number of hydrogen-bond donors (Lipinski definition) is 1. The van der Waals surface area contributed by atoms with Gasteiger partial charge in [0.15, 0.2) is 0 Å². The molecule has 0 radical (unpaired) electrons. The summed E-state index contributed by atoms with van der Waals surface area (Å²) in [6.45, 7) is 0.981. The van der Waals surface area contributed by atoms with E-state index in [1.807, 2.05) is 11.8 Å². The second kappa shape index (κ2) is 9.55. The molecule has 0 spiro atoms. The van der Waals surface area contributed by atoms with Crippen LogP contribution in [0, 0.1) is 11.8 Å². The number of aliphatic hydroxyl groups is 1. The fourth-order valence-electron chi connectivity index (χ4n) is 1.22. The molecule has 0 aliphatic heterocycles. The summed E-state index contributed by atoms with van der Waals surface area (Å²) < 4.78 is 5.00. The molecule has 94 valence electrons. The Bertz CT molecular complexity index is 363. The van der Waals surface area contributed by atoms with Crippen LogP contribution in [0.1, 0.15) is 23.3 Å². The summed E-state index contributed by atoms with van der Waals surface area (Å²) in [5, 5.41) is 10.7. The van der Waals surface area contributed by atoms with Gasteiger partial charge in [0.25, 0.3) is 0 Å². The molecule has 1 aromatic heterocycles. The molecule has 2 nitrogen and oxygen atoms in total. The second-order valence-electron chi connectivity index (χ2n) is 3.48. The predicted molar refractivity (Wildman–Crippen MR) is 75.6 cm³/mol. The van der Waals surface area contributed by atoms with Gasteiger partial charge in [-0.05, 0) is 18.2 Å². The third-order valence-electron chi connectivity index (χ3n) is 2.00. The van der Waals surface area contributed by atoms with Gasteiger partial charge in [-0.3, -0.25) is 0 Å². The van der Waals surface area contributed by atoms with Gasteiger partial charge in [-0.2, -0.15) is 11.8 Å². The molecule has 0 aliphatic carbocycles. The fourth-order valence-corrected chi connectivity index (χ4v) is 3.09. The van der Waals surface area contributed by atoms with E-state index < -0.39 is 0 Å². The van der Waals surface area contributed by atoms with Gasteiger partial charge in [-0.25, -0.2) is 0 Å². The van der Waals surface area contributed by atoms with E-state index in [0.717, 1.165) is 30.1 Å². The van der Waals surface area contributed by atoms with Gasteiger partial charge in [0, 0.05) is 41.7 Å². The van der Waals surface area contributed by atoms with Crippen LogP contribution in [-0.2, 0) is 10.5 Å². The van der Waals surface area contributed by atoms with Gasteiger partial charge in [-0.1, -0.05) is 11.8 Å². The lowest BCUT2D eigenvalue weighted by Crippen LogP contribution is -1.90. The Labute approximate surface area is 111 Å². The Kier molecular flexibility index (Phi) is 8.20. The van der Waals surface area contributed by atoms with E-state index >= 15 is 0 Å². The molecule has 0 atom stereocenters. The summed E-state index contributed by atoms with van der Waals surface area (Å²) in [5.41, 5.74) is 1.07. The first-order chi connectivity index (χ1) is 8.36. The van der Waals surface area contributed by atoms with Crippen molar-refractivity contribution in [1.29, 1.82) is 0 Å². The van der Waals surface area contributed by atoms with Crippen molar-refractivity contribution in [3.05, 3.63) is 21.9 Å².